The van der Waals surface area contributed by atoms with Crippen molar-refractivity contribution < 1.29 is 41.0 Å². The Balaban J connectivity index is 1.48. The molecule has 2 aromatic heterocycles. The third kappa shape index (κ3) is 4.41. The molecule has 4 rings (SSSR count). The van der Waals surface area contributed by atoms with Crippen molar-refractivity contribution in [1.82, 2.24) is 14.6 Å². The Hall–Kier alpha value is -3.88. The van der Waals surface area contributed by atoms with Crippen LogP contribution in [0.25, 0.3) is 0 Å². The molecule has 2 amide bonds. The van der Waals surface area contributed by atoms with Crippen LogP contribution in [0.2, 0.25) is 0 Å². The van der Waals surface area contributed by atoms with Crippen LogP contribution in [0.5, 0.6) is 11.5 Å². The number of nitrogens with one attached hydrogen (secondary N) is 2. The Morgan fingerprint density at radius 2 is 1.75 bits per heavy atom. The normalized spacial score (nSPS) is 14.2. The van der Waals surface area contributed by atoms with E-state index >= 15 is 0 Å². The van der Waals surface area contributed by atoms with E-state index in [1.807, 2.05) is 0 Å². The summed E-state index contributed by atoms with van der Waals surface area (Å²) in [5.74, 6) is -2.39. The van der Waals surface area contributed by atoms with Gasteiger partial charge in [0.25, 0.3) is 11.8 Å². The highest BCUT2D eigenvalue weighted by atomic mass is 32.1. The number of hydrogen-bond donors (Lipinski definition) is 2. The Kier molecular flexibility index (Phi) is 5.12. The van der Waals surface area contributed by atoms with Crippen molar-refractivity contribution in [2.24, 2.45) is 0 Å². The lowest BCUT2D eigenvalue weighted by Crippen LogP contribution is -2.25. The van der Waals surface area contributed by atoms with E-state index in [0.29, 0.717) is 23.8 Å². The number of pyridine rings is 1. The van der Waals surface area contributed by atoms with Crippen LogP contribution in [0, 0.1) is 0 Å². The van der Waals surface area contributed by atoms with Gasteiger partial charge in [-0.15, -0.1) is 13.9 Å². The van der Waals surface area contributed by atoms with Crippen LogP contribution in [0.3, 0.4) is 0 Å². The lowest BCUT2D eigenvalue weighted by Gasteiger charge is -2.08. The average molecular weight is 473 g/mol. The van der Waals surface area contributed by atoms with Crippen molar-refractivity contribution in [3.8, 4) is 11.5 Å². The Bertz CT molecular complexity index is 1220. The second kappa shape index (κ2) is 7.67. The number of ether oxygens (including phenoxy) is 2. The quantitative estimate of drug-likeness (QED) is 0.554. The van der Waals surface area contributed by atoms with Gasteiger partial charge in [0.1, 0.15) is 5.00 Å². The molecule has 1 aliphatic heterocycles. The van der Waals surface area contributed by atoms with Crippen molar-refractivity contribution >= 4 is 34.0 Å². The van der Waals surface area contributed by atoms with Gasteiger partial charge < -0.3 is 20.1 Å². The molecule has 15 heteroatoms. The van der Waals surface area contributed by atoms with Gasteiger partial charge in [-0.05, 0) is 18.2 Å². The maximum atomic E-state index is 13.1. The van der Waals surface area contributed by atoms with Crippen molar-refractivity contribution in [3.05, 3.63) is 53.5 Å². The highest BCUT2D eigenvalue weighted by molar-refractivity contribution is 7.10. The zero-order valence-electron chi connectivity index (χ0n) is 15.2. The fraction of sp³-hybridized carbons (Fsp3) is 0.118. The Labute approximate surface area is 178 Å². The number of halogens is 5. The number of fused-ring (bicyclic) bond motifs is 1. The van der Waals surface area contributed by atoms with Crippen LogP contribution >= 0.6 is 11.5 Å². The first-order chi connectivity index (χ1) is 15.0. The molecule has 166 valence electrons. The van der Waals surface area contributed by atoms with E-state index in [1.165, 1.54) is 6.07 Å². The van der Waals surface area contributed by atoms with Gasteiger partial charge in [0.05, 0.1) is 11.1 Å². The number of carbonyl (C=O) groups excluding carboxylic acids is 2. The van der Waals surface area contributed by atoms with Gasteiger partial charge in [-0.25, -0.2) is 0 Å². The lowest BCUT2D eigenvalue weighted by atomic mass is 10.2. The van der Waals surface area contributed by atoms with Crippen LogP contribution < -0.4 is 20.1 Å². The Morgan fingerprint density at radius 3 is 2.50 bits per heavy atom. The van der Waals surface area contributed by atoms with Crippen LogP contribution in [-0.4, -0.2) is 32.7 Å². The molecule has 0 spiro atoms. The summed E-state index contributed by atoms with van der Waals surface area (Å²) in [5, 5.41) is 8.03. The van der Waals surface area contributed by atoms with Gasteiger partial charge >= 0.3 is 12.5 Å². The smallest absolute Gasteiger partial charge is 0.395 e. The molecule has 32 heavy (non-hydrogen) atoms. The third-order valence-corrected chi connectivity index (χ3v) is 4.56. The zero-order valence-corrected chi connectivity index (χ0v) is 16.1. The first-order valence-corrected chi connectivity index (χ1v) is 9.16. The van der Waals surface area contributed by atoms with Crippen molar-refractivity contribution in [2.75, 3.05) is 10.6 Å². The molecule has 0 fully saturated rings. The van der Waals surface area contributed by atoms with Crippen molar-refractivity contribution in [3.63, 3.8) is 0 Å². The molecule has 0 radical (unpaired) electrons. The summed E-state index contributed by atoms with van der Waals surface area (Å²) in [6.45, 7) is 0. The van der Waals surface area contributed by atoms with Crippen LogP contribution in [0.1, 0.15) is 26.4 Å². The molecule has 3 aromatic rings. The van der Waals surface area contributed by atoms with Crippen LogP contribution in [0.15, 0.2) is 36.7 Å². The summed E-state index contributed by atoms with van der Waals surface area (Å²) in [6, 6.07) is 4.09. The van der Waals surface area contributed by atoms with E-state index in [2.05, 4.69) is 34.7 Å². The van der Waals surface area contributed by atoms with Gasteiger partial charge in [0.15, 0.2) is 17.2 Å². The molecular formula is C17H8F5N5O4S. The van der Waals surface area contributed by atoms with E-state index in [0.717, 1.165) is 18.3 Å². The molecule has 0 atom stereocenters. The van der Waals surface area contributed by atoms with E-state index in [-0.39, 0.29) is 27.9 Å². The van der Waals surface area contributed by atoms with Crippen molar-refractivity contribution in [1.29, 1.82) is 0 Å². The van der Waals surface area contributed by atoms with Gasteiger partial charge in [0, 0.05) is 35.7 Å². The number of carbonyl (C=O) groups is 2. The predicted molar refractivity (Wildman–Crippen MR) is 97.7 cm³/mol. The van der Waals surface area contributed by atoms with Crippen LogP contribution in [0.4, 0.5) is 32.6 Å². The van der Waals surface area contributed by atoms with Gasteiger partial charge in [-0.3, -0.25) is 14.6 Å². The van der Waals surface area contributed by atoms with Gasteiger partial charge in [-0.2, -0.15) is 13.2 Å². The number of benzene rings is 1. The summed E-state index contributed by atoms with van der Waals surface area (Å²) < 4.78 is 76.7. The molecule has 0 saturated carbocycles. The van der Waals surface area contributed by atoms with Gasteiger partial charge in [-0.1, -0.05) is 4.49 Å². The number of nitrogens with zero attached hydrogens (tertiary/aromatic N) is 3. The predicted octanol–water partition coefficient (Wildman–Crippen LogP) is 3.78. The number of amides is 2. The number of aromatic nitrogens is 3. The second-order valence-corrected chi connectivity index (χ2v) is 6.90. The largest absolute Gasteiger partial charge is 0.586 e. The van der Waals surface area contributed by atoms with E-state index in [1.54, 1.807) is 0 Å². The number of anilines is 2. The lowest BCUT2D eigenvalue weighted by molar-refractivity contribution is -0.286. The molecule has 3 heterocycles. The monoisotopic (exact) mass is 473 g/mol. The first kappa shape index (κ1) is 21.4. The fourth-order valence-electron chi connectivity index (χ4n) is 2.53. The van der Waals surface area contributed by atoms with Crippen LogP contribution in [-0.2, 0) is 6.18 Å². The zero-order chi connectivity index (χ0) is 23.1. The average Bonchev–Trinajstić information content (AvgIpc) is 3.29. The molecule has 1 aromatic carbocycles. The van der Waals surface area contributed by atoms with Gasteiger partial charge in [0.2, 0.25) is 0 Å². The molecule has 2 N–H and O–H groups in total. The Morgan fingerprint density at radius 1 is 1.00 bits per heavy atom. The number of alkyl halides is 5. The molecule has 0 saturated heterocycles. The molecule has 0 aliphatic carbocycles. The molecule has 0 bridgehead atoms. The second-order valence-electron chi connectivity index (χ2n) is 6.15. The molecule has 9 nitrogen and oxygen atoms in total. The first-order valence-electron chi connectivity index (χ1n) is 8.39. The number of hydrogen-bond acceptors (Lipinski definition) is 8. The SMILES string of the molecule is O=C(Nc1snnc1C(=O)Nc1ccc2c(c1)OC(F)(F)O2)c1cncc(C(F)(F)F)c1. The number of rotatable bonds is 4. The summed E-state index contributed by atoms with van der Waals surface area (Å²) in [4.78, 5) is 28.2. The summed E-state index contributed by atoms with van der Waals surface area (Å²) in [6.07, 6.45) is -7.05. The maximum absolute atomic E-state index is 13.1. The minimum Gasteiger partial charge on any atom is -0.395 e. The molecule has 1 aliphatic rings. The third-order valence-electron chi connectivity index (χ3n) is 3.92. The van der Waals surface area contributed by atoms with E-state index in [9.17, 15) is 31.5 Å². The highest BCUT2D eigenvalue weighted by Gasteiger charge is 2.43. The minimum atomic E-state index is -4.70. The van der Waals surface area contributed by atoms with Crippen molar-refractivity contribution in [2.45, 2.75) is 12.5 Å². The summed E-state index contributed by atoms with van der Waals surface area (Å²) in [7, 11) is 0. The standard InChI is InChI=1S/C17H8F5N5O4S/c18-16(19,20)8-3-7(5-23-6-8)13(28)25-15-12(26-27-32-15)14(29)24-9-1-2-10-11(4-9)31-17(21,22)30-10/h1-6H,(H,24,29)(H,25,28). The van der Waals surface area contributed by atoms with E-state index < -0.39 is 35.4 Å². The minimum absolute atomic E-state index is 0.0439. The summed E-state index contributed by atoms with van der Waals surface area (Å²) >= 11 is 0.601. The fourth-order valence-corrected chi connectivity index (χ4v) is 3.10. The van der Waals surface area contributed by atoms with E-state index in [4.69, 9.17) is 0 Å². The topological polar surface area (TPSA) is 115 Å². The molecule has 0 unspecified atom stereocenters. The molecular weight excluding hydrogens is 465 g/mol. The maximum Gasteiger partial charge on any atom is 0.586 e. The summed E-state index contributed by atoms with van der Waals surface area (Å²) in [5.41, 5.74) is -1.84. The highest BCUT2D eigenvalue weighted by Crippen LogP contribution is 2.42.